The SMILES string of the molecule is C[C@H](NC(=O)CN)C(=O)N[C@@H](Cc1ccccc1)C(=O)N[C@@H](CO)C(=O)N[C@@H](Cc1ccccc1)C(=O)NCC(N)=O. The van der Waals surface area contributed by atoms with Crippen molar-refractivity contribution in [3.05, 3.63) is 71.8 Å². The van der Waals surface area contributed by atoms with Gasteiger partial charge in [-0.3, -0.25) is 28.8 Å². The molecule has 2 aromatic carbocycles. The van der Waals surface area contributed by atoms with Crippen LogP contribution >= 0.6 is 0 Å². The molecule has 4 atom stereocenters. The van der Waals surface area contributed by atoms with E-state index in [2.05, 4.69) is 26.6 Å². The van der Waals surface area contributed by atoms with E-state index in [-0.39, 0.29) is 19.4 Å². The molecule has 10 N–H and O–H groups in total. The molecule has 0 saturated carbocycles. The third-order valence-corrected chi connectivity index (χ3v) is 6.04. The summed E-state index contributed by atoms with van der Waals surface area (Å²) in [5.41, 5.74) is 11.8. The minimum atomic E-state index is -1.50. The predicted octanol–water partition coefficient (Wildman–Crippen LogP) is -3.02. The molecule has 2 aromatic rings. The Morgan fingerprint density at radius 3 is 1.62 bits per heavy atom. The summed E-state index contributed by atoms with van der Waals surface area (Å²) in [7, 11) is 0. The largest absolute Gasteiger partial charge is 0.394 e. The number of aliphatic hydroxyl groups excluding tert-OH is 1. The van der Waals surface area contributed by atoms with Gasteiger partial charge in [0.25, 0.3) is 0 Å². The van der Waals surface area contributed by atoms with Crippen molar-refractivity contribution in [3.8, 4) is 0 Å². The minimum Gasteiger partial charge on any atom is -0.394 e. The fourth-order valence-corrected chi connectivity index (χ4v) is 3.82. The molecule has 0 fully saturated rings. The van der Waals surface area contributed by atoms with E-state index >= 15 is 0 Å². The van der Waals surface area contributed by atoms with Gasteiger partial charge in [0.05, 0.1) is 19.7 Å². The number of nitrogens with two attached hydrogens (primary N) is 2. The molecule has 0 spiro atoms. The van der Waals surface area contributed by atoms with Crippen LogP contribution in [0.15, 0.2) is 60.7 Å². The van der Waals surface area contributed by atoms with Gasteiger partial charge in [0, 0.05) is 12.8 Å². The maximum atomic E-state index is 13.3. The standard InChI is InChI=1S/C28H37N7O7/c1-17(32-24(38)14-29)25(39)33-21(13-19-10-6-3-7-11-19)27(41)35-22(16-36)28(42)34-20(26(40)31-15-23(30)37)12-18-8-4-2-5-9-18/h2-11,17,20-22,36H,12-16,29H2,1H3,(H2,30,37)(H,31,40)(H,32,38)(H,33,39)(H,34,42)(H,35,41)/t17-,20-,21-,22-/m0/s1. The van der Waals surface area contributed by atoms with Crippen LogP contribution < -0.4 is 38.1 Å². The number of nitrogens with one attached hydrogen (secondary N) is 5. The monoisotopic (exact) mass is 583 g/mol. The summed E-state index contributed by atoms with van der Waals surface area (Å²) in [4.78, 5) is 74.6. The molecule has 14 nitrogen and oxygen atoms in total. The van der Waals surface area contributed by atoms with Gasteiger partial charge < -0.3 is 43.2 Å². The van der Waals surface area contributed by atoms with Crippen molar-refractivity contribution in [2.75, 3.05) is 19.7 Å². The molecule has 0 aliphatic heterocycles. The Hall–Kier alpha value is -4.82. The van der Waals surface area contributed by atoms with E-state index in [0.717, 1.165) is 0 Å². The van der Waals surface area contributed by atoms with Gasteiger partial charge in [-0.1, -0.05) is 60.7 Å². The van der Waals surface area contributed by atoms with Gasteiger partial charge in [0.1, 0.15) is 24.2 Å². The van der Waals surface area contributed by atoms with E-state index in [4.69, 9.17) is 11.5 Å². The second kappa shape index (κ2) is 17.1. The Morgan fingerprint density at radius 1 is 0.690 bits per heavy atom. The summed E-state index contributed by atoms with van der Waals surface area (Å²) in [5, 5.41) is 22.1. The zero-order chi connectivity index (χ0) is 31.1. The van der Waals surface area contributed by atoms with Crippen LogP contribution in [0.2, 0.25) is 0 Å². The molecule has 6 amide bonds. The van der Waals surface area contributed by atoms with Crippen molar-refractivity contribution in [1.29, 1.82) is 0 Å². The third kappa shape index (κ3) is 11.3. The molecule has 0 unspecified atom stereocenters. The first-order valence-corrected chi connectivity index (χ1v) is 13.2. The summed E-state index contributed by atoms with van der Waals surface area (Å²) < 4.78 is 0. The van der Waals surface area contributed by atoms with Crippen molar-refractivity contribution in [1.82, 2.24) is 26.6 Å². The van der Waals surface area contributed by atoms with Crippen LogP contribution in [0.3, 0.4) is 0 Å². The highest BCUT2D eigenvalue weighted by Gasteiger charge is 2.30. The zero-order valence-electron chi connectivity index (χ0n) is 23.2. The molecule has 0 saturated heterocycles. The topological polar surface area (TPSA) is 235 Å². The lowest BCUT2D eigenvalue weighted by Gasteiger charge is -2.25. The normalized spacial score (nSPS) is 13.4. The molecular formula is C28H37N7O7. The van der Waals surface area contributed by atoms with Crippen LogP contribution in [-0.4, -0.2) is 84.4 Å². The molecule has 226 valence electrons. The molecule has 2 rings (SSSR count). The number of rotatable bonds is 16. The number of benzene rings is 2. The average Bonchev–Trinajstić information content (AvgIpc) is 2.98. The molecule has 0 aliphatic carbocycles. The summed E-state index contributed by atoms with van der Waals surface area (Å²) in [5.74, 6) is -4.39. The quantitative estimate of drug-likeness (QED) is 0.101. The summed E-state index contributed by atoms with van der Waals surface area (Å²) in [6.07, 6.45) is 0.0737. The van der Waals surface area contributed by atoms with Crippen molar-refractivity contribution >= 4 is 35.4 Å². The van der Waals surface area contributed by atoms with Gasteiger partial charge in [-0.15, -0.1) is 0 Å². The number of hydrogen-bond acceptors (Lipinski definition) is 8. The maximum absolute atomic E-state index is 13.3. The van der Waals surface area contributed by atoms with Crippen molar-refractivity contribution in [3.63, 3.8) is 0 Å². The lowest BCUT2D eigenvalue weighted by molar-refractivity contribution is -0.135. The van der Waals surface area contributed by atoms with E-state index in [9.17, 15) is 33.9 Å². The Kier molecular flexibility index (Phi) is 13.6. The molecule has 0 aliphatic rings. The van der Waals surface area contributed by atoms with Gasteiger partial charge in [0.2, 0.25) is 35.4 Å². The van der Waals surface area contributed by atoms with Gasteiger partial charge in [-0.2, -0.15) is 0 Å². The number of carbonyl (C=O) groups excluding carboxylic acids is 6. The van der Waals surface area contributed by atoms with Crippen molar-refractivity contribution < 1.29 is 33.9 Å². The molecule has 14 heteroatoms. The predicted molar refractivity (Wildman–Crippen MR) is 152 cm³/mol. The number of primary amides is 1. The Balaban J connectivity index is 2.19. The maximum Gasteiger partial charge on any atom is 0.245 e. The van der Waals surface area contributed by atoms with Crippen molar-refractivity contribution in [2.24, 2.45) is 11.5 Å². The van der Waals surface area contributed by atoms with E-state index in [1.165, 1.54) is 6.92 Å². The Morgan fingerprint density at radius 2 is 1.14 bits per heavy atom. The van der Waals surface area contributed by atoms with Crippen LogP contribution in [-0.2, 0) is 41.6 Å². The van der Waals surface area contributed by atoms with E-state index in [0.29, 0.717) is 11.1 Å². The van der Waals surface area contributed by atoms with Crippen LogP contribution in [0.4, 0.5) is 0 Å². The third-order valence-electron chi connectivity index (χ3n) is 6.04. The summed E-state index contributed by atoms with van der Waals surface area (Å²) >= 11 is 0. The number of hydrogen-bond donors (Lipinski definition) is 8. The first-order valence-electron chi connectivity index (χ1n) is 13.2. The van der Waals surface area contributed by atoms with Crippen LogP contribution in [0, 0.1) is 0 Å². The Bertz CT molecular complexity index is 1230. The summed E-state index contributed by atoms with van der Waals surface area (Å²) in [6.45, 7) is -0.191. The number of amides is 6. The highest BCUT2D eigenvalue weighted by Crippen LogP contribution is 2.06. The van der Waals surface area contributed by atoms with Gasteiger partial charge in [-0.05, 0) is 18.1 Å². The fourth-order valence-electron chi connectivity index (χ4n) is 3.82. The second-order valence-corrected chi connectivity index (χ2v) is 9.42. The van der Waals surface area contributed by atoms with Crippen molar-refractivity contribution in [2.45, 2.75) is 43.9 Å². The lowest BCUT2D eigenvalue weighted by atomic mass is 10.0. The molecular weight excluding hydrogens is 546 g/mol. The number of aliphatic hydroxyl groups is 1. The highest BCUT2D eigenvalue weighted by atomic mass is 16.3. The molecule has 42 heavy (non-hydrogen) atoms. The smallest absolute Gasteiger partial charge is 0.245 e. The average molecular weight is 584 g/mol. The van der Waals surface area contributed by atoms with E-state index < -0.39 is 72.8 Å². The Labute approximate surface area is 243 Å². The lowest BCUT2D eigenvalue weighted by Crippen LogP contribution is -2.59. The van der Waals surface area contributed by atoms with Gasteiger partial charge >= 0.3 is 0 Å². The number of carbonyl (C=O) groups is 6. The van der Waals surface area contributed by atoms with Crippen LogP contribution in [0.5, 0.6) is 0 Å². The summed E-state index contributed by atoms with van der Waals surface area (Å²) in [6, 6.07) is 12.6. The van der Waals surface area contributed by atoms with Gasteiger partial charge in [0.15, 0.2) is 0 Å². The molecule has 0 aromatic heterocycles. The van der Waals surface area contributed by atoms with Crippen LogP contribution in [0.25, 0.3) is 0 Å². The van der Waals surface area contributed by atoms with Gasteiger partial charge in [-0.25, -0.2) is 0 Å². The second-order valence-electron chi connectivity index (χ2n) is 9.42. The molecule has 0 heterocycles. The first kappa shape index (κ1) is 33.4. The minimum absolute atomic E-state index is 0.0297. The first-order chi connectivity index (χ1) is 20.0. The van der Waals surface area contributed by atoms with E-state index in [1.54, 1.807) is 60.7 Å². The van der Waals surface area contributed by atoms with E-state index in [1.807, 2.05) is 0 Å². The highest BCUT2D eigenvalue weighted by molar-refractivity contribution is 5.96. The fraction of sp³-hybridized carbons (Fsp3) is 0.357. The zero-order valence-corrected chi connectivity index (χ0v) is 23.2. The van der Waals surface area contributed by atoms with Crippen LogP contribution in [0.1, 0.15) is 18.1 Å². The molecule has 0 bridgehead atoms. The molecule has 0 radical (unpaired) electrons.